The van der Waals surface area contributed by atoms with E-state index in [0.717, 1.165) is 42.7 Å². The molecule has 0 rings (SSSR count). The SMILES string of the molecule is CO.CO.CO.CO.CO.CO.[C-]#[O+].[C-]#[O+].[C-]#[O+].[C-]#[O+].[C-]#[O+].[C-]#[O+].[C-]#[O+].[C-]#[O+].[Co].[Co].[Co]. The molecule has 0 amide bonds. The number of rotatable bonds is 0. The Morgan fingerprint density at radius 2 is 0.226 bits per heavy atom. The van der Waals surface area contributed by atoms with Crippen LogP contribution in [0.5, 0.6) is 0 Å². The van der Waals surface area contributed by atoms with Crippen molar-refractivity contribution in [2.45, 2.75) is 0 Å². The Kier molecular flexibility index (Phi) is 173000. The topological polar surface area (TPSA) is 281 Å². The second-order valence-corrected chi connectivity index (χ2v) is 0. The largest absolute Gasteiger partial charge is 0 e. The summed E-state index contributed by atoms with van der Waals surface area (Å²) in [5, 5.41) is 42.0. The van der Waals surface area contributed by atoms with Crippen molar-refractivity contribution in [3.05, 3.63) is 53.2 Å². The second-order valence-electron chi connectivity index (χ2n) is 0. The normalized spacial score (nSPS) is 1.68. The third-order valence-corrected chi connectivity index (χ3v) is 0. The van der Waals surface area contributed by atoms with Crippen LogP contribution in [0.1, 0.15) is 0 Å². The Bertz CT molecular complexity index is 152. The maximum Gasteiger partial charge on any atom is 0 e. The van der Waals surface area contributed by atoms with Crippen molar-refractivity contribution in [2.75, 3.05) is 42.7 Å². The molecule has 0 unspecified atom stereocenters. The van der Waals surface area contributed by atoms with Gasteiger partial charge in [-0.05, 0) is 0 Å². The Hall–Kier alpha value is -0.801. The minimum absolute atomic E-state index is 0. The summed E-state index contributed by atoms with van der Waals surface area (Å²) >= 11 is 0. The Morgan fingerprint density at radius 3 is 0.226 bits per heavy atom. The van der Waals surface area contributed by atoms with Crippen LogP contribution in [0.15, 0.2) is 0 Å². The van der Waals surface area contributed by atoms with Gasteiger partial charge in [-0.25, -0.2) is 0 Å². The number of aliphatic hydroxyl groups excluding tert-OH is 6. The van der Waals surface area contributed by atoms with Gasteiger partial charge in [0.15, 0.2) is 0 Å². The molecule has 0 aliphatic carbocycles. The molecule has 14 nitrogen and oxygen atoms in total. The summed E-state index contributed by atoms with van der Waals surface area (Å²) in [6, 6.07) is 0. The molecule has 0 aromatic heterocycles. The zero-order chi connectivity index (χ0) is 28.0. The molecule has 0 spiro atoms. The van der Waals surface area contributed by atoms with Crippen molar-refractivity contribution in [3.8, 4) is 0 Å². The van der Waals surface area contributed by atoms with Crippen molar-refractivity contribution < 1.29 is 118 Å². The van der Waals surface area contributed by atoms with Gasteiger partial charge in [-0.3, -0.25) is 0 Å². The maximum atomic E-state index is 7.50. The number of hydrogen-bond donors (Lipinski definition) is 6. The van der Waals surface area contributed by atoms with Crippen LogP contribution >= 0.6 is 0 Å². The molecule has 0 aromatic rings. The summed E-state index contributed by atoms with van der Waals surface area (Å²) in [5.74, 6) is 0. The van der Waals surface area contributed by atoms with Gasteiger partial charge >= 0.3 is 90.4 Å². The molecule has 0 aliphatic rings. The molecule has 3 radical (unpaired) electrons. The fourth-order valence-corrected chi connectivity index (χ4v) is 0. The first-order valence-corrected chi connectivity index (χ1v) is 4.32. The third-order valence-electron chi connectivity index (χ3n) is 0. The Balaban J connectivity index is -0.00000000451. The third kappa shape index (κ3) is 33700. The van der Waals surface area contributed by atoms with Crippen LogP contribution in [0.25, 0.3) is 0 Å². The molecule has 0 saturated carbocycles. The monoisotopic (exact) mass is 593 g/mol. The van der Waals surface area contributed by atoms with Crippen LogP contribution in [0.2, 0.25) is 0 Å². The molecule has 0 aliphatic heterocycles. The van der Waals surface area contributed by atoms with Gasteiger partial charge in [0.2, 0.25) is 0 Å². The first-order chi connectivity index (χ1) is 14.0. The quantitative estimate of drug-likeness (QED) is 0.129. The van der Waals surface area contributed by atoms with Gasteiger partial charge in [0.25, 0.3) is 0 Å². The molecule has 0 aromatic carbocycles. The zero-order valence-electron chi connectivity index (χ0n) is 16.9. The molecular formula is C14H24Co3O14. The molecule has 0 bridgehead atoms. The Morgan fingerprint density at radius 1 is 0.226 bits per heavy atom. The second kappa shape index (κ2) is 36200. The minimum atomic E-state index is 0. The number of aliphatic hydroxyl groups is 6. The molecular weight excluding hydrogens is 569 g/mol. The van der Waals surface area contributed by atoms with E-state index in [-0.39, 0.29) is 50.3 Å². The van der Waals surface area contributed by atoms with Crippen LogP contribution in [0.3, 0.4) is 0 Å². The van der Waals surface area contributed by atoms with Gasteiger partial charge in [-0.2, -0.15) is 0 Å². The average molecular weight is 593 g/mol. The molecule has 0 heterocycles. The molecule has 0 atom stereocenters. The standard InChI is InChI=1S/6CH4O.8CO.3Co/c14*1-2;;;/h6*2H,1H3;;;;;;;;;;;. The first-order valence-electron chi connectivity index (χ1n) is 4.32. The van der Waals surface area contributed by atoms with Crippen molar-refractivity contribution in [3.63, 3.8) is 0 Å². The molecule has 17 heteroatoms. The van der Waals surface area contributed by atoms with Crippen LogP contribution in [0, 0.1) is 53.2 Å². The molecule has 0 saturated heterocycles. The van der Waals surface area contributed by atoms with Crippen molar-refractivity contribution in [1.82, 2.24) is 0 Å². The van der Waals surface area contributed by atoms with Gasteiger partial charge < -0.3 is 30.6 Å². The summed E-state index contributed by atoms with van der Waals surface area (Å²) in [6.45, 7) is 36.0. The molecule has 0 fully saturated rings. The maximum absolute atomic E-state index is 7.50. The summed E-state index contributed by atoms with van der Waals surface area (Å²) in [5.41, 5.74) is 0. The predicted molar refractivity (Wildman–Crippen MR) is 80.3 cm³/mol. The first kappa shape index (κ1) is 148. The van der Waals surface area contributed by atoms with Gasteiger partial charge in [-0.15, -0.1) is 0 Å². The fraction of sp³-hybridized carbons (Fsp3) is 0.429. The van der Waals surface area contributed by atoms with Gasteiger partial charge in [0, 0.05) is 93.0 Å². The summed E-state index contributed by atoms with van der Waals surface area (Å²) in [7, 11) is 6.00. The van der Waals surface area contributed by atoms with Gasteiger partial charge in [0.05, 0.1) is 0 Å². The van der Waals surface area contributed by atoms with Gasteiger partial charge in [-0.1, -0.05) is 0 Å². The van der Waals surface area contributed by atoms with Crippen LogP contribution in [-0.2, 0) is 87.6 Å². The molecule has 31 heavy (non-hydrogen) atoms. The van der Waals surface area contributed by atoms with Crippen LogP contribution in [-0.4, -0.2) is 73.3 Å². The average Bonchev–Trinajstić information content (AvgIpc) is 2.95. The summed E-state index contributed by atoms with van der Waals surface area (Å²) < 4.78 is 60.0. The van der Waals surface area contributed by atoms with Crippen LogP contribution in [0.4, 0.5) is 0 Å². The minimum Gasteiger partial charge on any atom is 0 e. The van der Waals surface area contributed by atoms with Crippen molar-refractivity contribution in [2.24, 2.45) is 0 Å². The fourth-order valence-electron chi connectivity index (χ4n) is 0. The number of hydrogen-bond acceptors (Lipinski definition) is 6. The molecule has 191 valence electrons. The van der Waals surface area contributed by atoms with E-state index in [4.69, 9.17) is 67.9 Å². The van der Waals surface area contributed by atoms with E-state index in [1.807, 2.05) is 0 Å². The van der Waals surface area contributed by atoms with Crippen LogP contribution < -0.4 is 0 Å². The predicted octanol–water partition coefficient (Wildman–Crippen LogP) is -2.66. The summed E-state index contributed by atoms with van der Waals surface area (Å²) in [4.78, 5) is 0. The van der Waals surface area contributed by atoms with Crippen molar-refractivity contribution in [1.29, 1.82) is 0 Å². The van der Waals surface area contributed by atoms with E-state index in [9.17, 15) is 0 Å². The van der Waals surface area contributed by atoms with E-state index in [2.05, 4.69) is 53.2 Å². The van der Waals surface area contributed by atoms with E-state index >= 15 is 0 Å². The Labute approximate surface area is 213 Å². The zero-order valence-corrected chi connectivity index (χ0v) is 20.1. The van der Waals surface area contributed by atoms with E-state index in [0.29, 0.717) is 0 Å². The van der Waals surface area contributed by atoms with E-state index in [1.165, 1.54) is 0 Å². The van der Waals surface area contributed by atoms with Gasteiger partial charge in [0.1, 0.15) is 0 Å². The van der Waals surface area contributed by atoms with E-state index in [1.54, 1.807) is 0 Å². The van der Waals surface area contributed by atoms with Crippen molar-refractivity contribution >= 4 is 0 Å². The molecule has 6 N–H and O–H groups in total. The summed E-state index contributed by atoms with van der Waals surface area (Å²) in [6.07, 6.45) is 0. The smallest absolute Gasteiger partial charge is 0 e. The van der Waals surface area contributed by atoms with E-state index < -0.39 is 0 Å².